The number of hydrogen-bond acceptors (Lipinski definition) is 5. The molecule has 0 aliphatic heterocycles. The van der Waals surface area contributed by atoms with Gasteiger partial charge in [0.15, 0.2) is 11.0 Å². The predicted octanol–water partition coefficient (Wildman–Crippen LogP) is 5.95. The van der Waals surface area contributed by atoms with Gasteiger partial charge in [0.2, 0.25) is 5.91 Å². The predicted molar refractivity (Wildman–Crippen MR) is 122 cm³/mol. The third kappa shape index (κ3) is 4.40. The highest BCUT2D eigenvalue weighted by Crippen LogP contribution is 2.44. The van der Waals surface area contributed by atoms with Crippen LogP contribution < -0.4 is 5.32 Å². The minimum absolute atomic E-state index is 0.189. The third-order valence-electron chi connectivity index (χ3n) is 4.99. The van der Waals surface area contributed by atoms with Crippen LogP contribution in [-0.2, 0) is 4.79 Å². The first-order valence-corrected chi connectivity index (χ1v) is 11.7. The average Bonchev–Trinajstić information content (AvgIpc) is 3.31. The minimum atomic E-state index is -0.524. The lowest BCUT2D eigenvalue weighted by atomic mass is 10.1. The lowest BCUT2D eigenvalue weighted by Gasteiger charge is -2.17. The van der Waals surface area contributed by atoms with Crippen LogP contribution in [0, 0.1) is 5.82 Å². The van der Waals surface area contributed by atoms with Gasteiger partial charge in [-0.15, -0.1) is 21.5 Å². The molecule has 2 aromatic carbocycles. The molecular formula is C23H19FN4OS2. The number of nitrogens with zero attached hydrogens (tertiary/aromatic N) is 3. The standard InChI is InChI=1S/C23H19FN4OS2/c24-16-8-10-17(11-9-16)25-22(29)20(15-5-2-1-3-6-15)31-23-27-26-21(19-7-4-14-30-19)28(23)18-12-13-18/h1-11,14,18,20H,12-13H2,(H,25,29)/t20-/m1/s1. The third-order valence-corrected chi connectivity index (χ3v) is 7.07. The van der Waals surface area contributed by atoms with Gasteiger partial charge in [0.1, 0.15) is 11.1 Å². The molecule has 1 atom stereocenters. The van der Waals surface area contributed by atoms with E-state index in [0.717, 1.165) is 34.3 Å². The van der Waals surface area contributed by atoms with E-state index in [-0.39, 0.29) is 11.7 Å². The van der Waals surface area contributed by atoms with Crippen molar-refractivity contribution in [2.45, 2.75) is 29.3 Å². The first kappa shape index (κ1) is 20.0. The van der Waals surface area contributed by atoms with Gasteiger partial charge in [-0.05, 0) is 54.1 Å². The van der Waals surface area contributed by atoms with Gasteiger partial charge in [0, 0.05) is 11.7 Å². The van der Waals surface area contributed by atoms with Crippen molar-refractivity contribution in [3.63, 3.8) is 0 Å². The topological polar surface area (TPSA) is 59.8 Å². The van der Waals surface area contributed by atoms with Crippen LogP contribution in [0.1, 0.15) is 29.7 Å². The molecule has 5 nitrogen and oxygen atoms in total. The zero-order valence-corrected chi connectivity index (χ0v) is 18.1. The van der Waals surface area contributed by atoms with E-state index >= 15 is 0 Å². The molecule has 4 aromatic rings. The number of rotatable bonds is 7. The summed E-state index contributed by atoms with van der Waals surface area (Å²) in [7, 11) is 0. The molecule has 31 heavy (non-hydrogen) atoms. The fourth-order valence-electron chi connectivity index (χ4n) is 3.34. The first-order chi connectivity index (χ1) is 15.2. The van der Waals surface area contributed by atoms with Crippen molar-refractivity contribution in [1.82, 2.24) is 14.8 Å². The molecule has 8 heteroatoms. The fraction of sp³-hybridized carbons (Fsp3) is 0.174. The number of anilines is 1. The number of amides is 1. The van der Waals surface area contributed by atoms with E-state index < -0.39 is 5.25 Å². The van der Waals surface area contributed by atoms with Gasteiger partial charge >= 0.3 is 0 Å². The molecule has 1 N–H and O–H groups in total. The number of carbonyl (C=O) groups is 1. The number of benzene rings is 2. The number of hydrogen-bond donors (Lipinski definition) is 1. The fourth-order valence-corrected chi connectivity index (χ4v) is 5.15. The maximum Gasteiger partial charge on any atom is 0.242 e. The molecule has 2 heterocycles. The van der Waals surface area contributed by atoms with Crippen molar-refractivity contribution in [3.05, 3.63) is 83.5 Å². The summed E-state index contributed by atoms with van der Waals surface area (Å²) >= 11 is 3.02. The lowest BCUT2D eigenvalue weighted by Crippen LogP contribution is -2.19. The molecule has 0 radical (unpaired) electrons. The van der Waals surface area contributed by atoms with Crippen molar-refractivity contribution in [1.29, 1.82) is 0 Å². The molecule has 156 valence electrons. The van der Waals surface area contributed by atoms with Crippen LogP contribution in [0.2, 0.25) is 0 Å². The Balaban J connectivity index is 1.47. The Morgan fingerprint density at radius 2 is 1.84 bits per heavy atom. The Bertz CT molecular complexity index is 1170. The van der Waals surface area contributed by atoms with Gasteiger partial charge < -0.3 is 5.32 Å². The molecular weight excluding hydrogens is 431 g/mol. The Hall–Kier alpha value is -2.97. The van der Waals surface area contributed by atoms with E-state index in [2.05, 4.69) is 20.1 Å². The van der Waals surface area contributed by atoms with Crippen molar-refractivity contribution in [3.8, 4) is 10.7 Å². The molecule has 0 spiro atoms. The Morgan fingerprint density at radius 1 is 1.06 bits per heavy atom. The quantitative estimate of drug-likeness (QED) is 0.353. The Kier molecular flexibility index (Phi) is 5.57. The van der Waals surface area contributed by atoms with Gasteiger partial charge in [-0.2, -0.15) is 0 Å². The highest BCUT2D eigenvalue weighted by atomic mass is 32.2. The second-order valence-electron chi connectivity index (χ2n) is 7.29. The minimum Gasteiger partial charge on any atom is -0.325 e. The molecule has 0 unspecified atom stereocenters. The number of nitrogens with one attached hydrogen (secondary N) is 1. The summed E-state index contributed by atoms with van der Waals surface area (Å²) in [6, 6.07) is 19.8. The monoisotopic (exact) mass is 450 g/mol. The summed E-state index contributed by atoms with van der Waals surface area (Å²) < 4.78 is 15.4. The van der Waals surface area contributed by atoms with Gasteiger partial charge in [-0.1, -0.05) is 48.2 Å². The summed E-state index contributed by atoms with van der Waals surface area (Å²) in [4.78, 5) is 14.3. The molecule has 1 aliphatic rings. The molecule has 0 bridgehead atoms. The van der Waals surface area contributed by atoms with Crippen LogP contribution in [0.25, 0.3) is 10.7 Å². The summed E-state index contributed by atoms with van der Waals surface area (Å²) in [5, 5.41) is 14.0. The first-order valence-electron chi connectivity index (χ1n) is 9.96. The van der Waals surface area contributed by atoms with Crippen LogP contribution in [0.5, 0.6) is 0 Å². The van der Waals surface area contributed by atoms with E-state index in [1.807, 2.05) is 47.8 Å². The molecule has 2 aromatic heterocycles. The molecule has 1 amide bonds. The van der Waals surface area contributed by atoms with E-state index in [9.17, 15) is 9.18 Å². The normalized spacial score (nSPS) is 14.4. The largest absolute Gasteiger partial charge is 0.325 e. The maximum absolute atomic E-state index is 13.3. The second kappa shape index (κ2) is 8.64. The smallest absolute Gasteiger partial charge is 0.242 e. The van der Waals surface area contributed by atoms with Gasteiger partial charge in [-0.3, -0.25) is 9.36 Å². The molecule has 0 saturated heterocycles. The SMILES string of the molecule is O=C(Nc1ccc(F)cc1)[C@H](Sc1nnc(-c2cccs2)n1C1CC1)c1ccccc1. The van der Waals surface area contributed by atoms with E-state index in [1.54, 1.807) is 23.5 Å². The van der Waals surface area contributed by atoms with E-state index in [1.165, 1.54) is 23.9 Å². The molecule has 5 rings (SSSR count). The van der Waals surface area contributed by atoms with Crippen molar-refractivity contribution in [2.24, 2.45) is 0 Å². The zero-order valence-electron chi connectivity index (χ0n) is 16.4. The lowest BCUT2D eigenvalue weighted by molar-refractivity contribution is -0.115. The van der Waals surface area contributed by atoms with Crippen LogP contribution in [0.3, 0.4) is 0 Å². The number of halogens is 1. The van der Waals surface area contributed by atoms with Gasteiger partial charge in [-0.25, -0.2) is 4.39 Å². The van der Waals surface area contributed by atoms with Crippen molar-refractivity contribution in [2.75, 3.05) is 5.32 Å². The van der Waals surface area contributed by atoms with E-state index in [0.29, 0.717) is 11.7 Å². The summed E-state index contributed by atoms with van der Waals surface area (Å²) in [5.41, 5.74) is 1.42. The van der Waals surface area contributed by atoms with Gasteiger partial charge in [0.25, 0.3) is 0 Å². The van der Waals surface area contributed by atoms with E-state index in [4.69, 9.17) is 0 Å². The number of thiophene rings is 1. The van der Waals surface area contributed by atoms with Crippen molar-refractivity contribution >= 4 is 34.7 Å². The average molecular weight is 451 g/mol. The molecule has 1 fully saturated rings. The summed E-state index contributed by atoms with van der Waals surface area (Å²) in [5.74, 6) is 0.321. The van der Waals surface area contributed by atoms with Crippen LogP contribution in [0.15, 0.2) is 77.3 Å². The van der Waals surface area contributed by atoms with Crippen LogP contribution in [-0.4, -0.2) is 20.7 Å². The second-order valence-corrected chi connectivity index (χ2v) is 9.31. The zero-order chi connectivity index (χ0) is 21.2. The van der Waals surface area contributed by atoms with Crippen LogP contribution in [0.4, 0.5) is 10.1 Å². The highest BCUT2D eigenvalue weighted by Gasteiger charge is 2.33. The Morgan fingerprint density at radius 3 is 2.52 bits per heavy atom. The molecule has 1 aliphatic carbocycles. The van der Waals surface area contributed by atoms with Crippen molar-refractivity contribution < 1.29 is 9.18 Å². The molecule has 1 saturated carbocycles. The van der Waals surface area contributed by atoms with Gasteiger partial charge in [0.05, 0.1) is 4.88 Å². The highest BCUT2D eigenvalue weighted by molar-refractivity contribution is 8.00. The Labute approximate surface area is 187 Å². The van der Waals surface area contributed by atoms with Crippen LogP contribution >= 0.6 is 23.1 Å². The maximum atomic E-state index is 13.3. The summed E-state index contributed by atoms with van der Waals surface area (Å²) in [6.07, 6.45) is 2.17. The number of thioether (sulfide) groups is 1. The summed E-state index contributed by atoms with van der Waals surface area (Å²) in [6.45, 7) is 0. The number of carbonyl (C=O) groups excluding carboxylic acids is 1. The number of aromatic nitrogens is 3.